The van der Waals surface area contributed by atoms with E-state index in [1.165, 1.54) is 0 Å². The number of carbonyl (C=O) groups excluding carboxylic acids is 1. The number of amides is 1. The Labute approximate surface area is 104 Å². The molecule has 1 saturated heterocycles. The lowest BCUT2D eigenvalue weighted by molar-refractivity contribution is -0.122. The number of hydrogen-bond acceptors (Lipinski definition) is 3. The fraction of sp³-hybridized carbons (Fsp3) is 0.909. The zero-order valence-electron chi connectivity index (χ0n) is 10.2. The average molecular weight is 250 g/mol. The first-order valence-electron chi connectivity index (χ1n) is 5.88. The third-order valence-electron chi connectivity index (χ3n) is 3.04. The lowest BCUT2D eigenvalue weighted by Crippen LogP contribution is -2.39. The lowest BCUT2D eigenvalue weighted by atomic mass is 10.1. The summed E-state index contributed by atoms with van der Waals surface area (Å²) < 4.78 is 0. The standard InChI is InChI=1S/C11H23N3O.ClH/c1-3-4-13-11(15)8-14-7-10(6-12)5-9(14)2;/h9-10H,3-8,12H2,1-2H3,(H,13,15);1H. The molecule has 1 heterocycles. The molecule has 0 aliphatic carbocycles. The first kappa shape index (κ1) is 15.7. The Morgan fingerprint density at radius 2 is 2.25 bits per heavy atom. The largest absolute Gasteiger partial charge is 0.355 e. The highest BCUT2D eigenvalue weighted by Gasteiger charge is 2.28. The summed E-state index contributed by atoms with van der Waals surface area (Å²) in [7, 11) is 0. The predicted molar refractivity (Wildman–Crippen MR) is 68.7 cm³/mol. The Kier molecular flexibility index (Phi) is 7.72. The quantitative estimate of drug-likeness (QED) is 0.751. The highest BCUT2D eigenvalue weighted by molar-refractivity contribution is 5.85. The van der Waals surface area contributed by atoms with Crippen molar-refractivity contribution in [3.8, 4) is 0 Å². The molecule has 3 N–H and O–H groups in total. The lowest BCUT2D eigenvalue weighted by Gasteiger charge is -2.20. The molecule has 1 aliphatic heterocycles. The van der Waals surface area contributed by atoms with Gasteiger partial charge in [-0.05, 0) is 32.2 Å². The summed E-state index contributed by atoms with van der Waals surface area (Å²) in [5, 5.41) is 2.90. The first-order valence-corrected chi connectivity index (χ1v) is 5.88. The van der Waals surface area contributed by atoms with Gasteiger partial charge in [0.2, 0.25) is 5.91 Å². The van der Waals surface area contributed by atoms with Crippen LogP contribution in [-0.2, 0) is 4.79 Å². The van der Waals surface area contributed by atoms with Crippen molar-refractivity contribution in [2.24, 2.45) is 11.7 Å². The van der Waals surface area contributed by atoms with Crippen LogP contribution in [-0.4, -0.2) is 43.0 Å². The van der Waals surface area contributed by atoms with E-state index in [-0.39, 0.29) is 18.3 Å². The molecule has 0 bridgehead atoms. The zero-order chi connectivity index (χ0) is 11.3. The van der Waals surface area contributed by atoms with Crippen LogP contribution in [0.15, 0.2) is 0 Å². The van der Waals surface area contributed by atoms with Gasteiger partial charge in [-0.15, -0.1) is 12.4 Å². The van der Waals surface area contributed by atoms with Crippen molar-refractivity contribution in [2.45, 2.75) is 32.7 Å². The van der Waals surface area contributed by atoms with Gasteiger partial charge in [-0.25, -0.2) is 0 Å². The van der Waals surface area contributed by atoms with Crippen LogP contribution in [0, 0.1) is 5.92 Å². The summed E-state index contributed by atoms with van der Waals surface area (Å²) in [5.41, 5.74) is 5.64. The number of hydrogen-bond donors (Lipinski definition) is 2. The molecular weight excluding hydrogens is 226 g/mol. The Morgan fingerprint density at radius 1 is 1.56 bits per heavy atom. The molecule has 5 heteroatoms. The molecule has 0 radical (unpaired) electrons. The molecule has 2 atom stereocenters. The van der Waals surface area contributed by atoms with Crippen molar-refractivity contribution in [1.82, 2.24) is 10.2 Å². The van der Waals surface area contributed by atoms with Gasteiger partial charge in [0.25, 0.3) is 0 Å². The summed E-state index contributed by atoms with van der Waals surface area (Å²) in [6.45, 7) is 7.24. The first-order chi connectivity index (χ1) is 7.17. The number of halogens is 1. The third-order valence-corrected chi connectivity index (χ3v) is 3.04. The van der Waals surface area contributed by atoms with Crippen LogP contribution in [0.2, 0.25) is 0 Å². The van der Waals surface area contributed by atoms with E-state index in [1.807, 2.05) is 0 Å². The Bertz CT molecular complexity index is 213. The minimum atomic E-state index is 0. The molecule has 1 rings (SSSR count). The number of nitrogens with two attached hydrogens (primary N) is 1. The molecule has 0 aromatic carbocycles. The van der Waals surface area contributed by atoms with E-state index in [4.69, 9.17) is 5.73 Å². The van der Waals surface area contributed by atoms with E-state index in [1.54, 1.807) is 0 Å². The van der Waals surface area contributed by atoms with Gasteiger partial charge in [0, 0.05) is 19.1 Å². The predicted octanol–water partition coefficient (Wildman–Crippen LogP) is 0.604. The molecule has 0 aromatic heterocycles. The van der Waals surface area contributed by atoms with Gasteiger partial charge in [0.15, 0.2) is 0 Å². The van der Waals surface area contributed by atoms with Crippen molar-refractivity contribution in [1.29, 1.82) is 0 Å². The highest BCUT2D eigenvalue weighted by atomic mass is 35.5. The van der Waals surface area contributed by atoms with Gasteiger partial charge >= 0.3 is 0 Å². The van der Waals surface area contributed by atoms with Gasteiger partial charge in [0.1, 0.15) is 0 Å². The second-order valence-corrected chi connectivity index (χ2v) is 4.47. The van der Waals surface area contributed by atoms with Crippen molar-refractivity contribution < 1.29 is 4.79 Å². The Hall–Kier alpha value is -0.320. The second-order valence-electron chi connectivity index (χ2n) is 4.47. The zero-order valence-corrected chi connectivity index (χ0v) is 11.1. The molecule has 0 aromatic rings. The van der Waals surface area contributed by atoms with Crippen LogP contribution in [0.5, 0.6) is 0 Å². The van der Waals surface area contributed by atoms with Crippen molar-refractivity contribution >= 4 is 18.3 Å². The normalized spacial score (nSPS) is 25.2. The molecule has 0 spiro atoms. The van der Waals surface area contributed by atoms with E-state index >= 15 is 0 Å². The Morgan fingerprint density at radius 3 is 2.75 bits per heavy atom. The van der Waals surface area contributed by atoms with Crippen LogP contribution >= 0.6 is 12.4 Å². The van der Waals surface area contributed by atoms with E-state index in [0.29, 0.717) is 18.5 Å². The molecule has 4 nitrogen and oxygen atoms in total. The molecule has 0 saturated carbocycles. The number of nitrogens with one attached hydrogen (secondary N) is 1. The van der Waals surface area contributed by atoms with E-state index in [0.717, 1.165) is 32.5 Å². The molecule has 1 aliphatic rings. The number of rotatable bonds is 5. The topological polar surface area (TPSA) is 58.4 Å². The molecule has 1 amide bonds. The van der Waals surface area contributed by atoms with E-state index in [9.17, 15) is 4.79 Å². The molecule has 1 fully saturated rings. The third kappa shape index (κ3) is 4.68. The minimum Gasteiger partial charge on any atom is -0.355 e. The number of nitrogens with zero attached hydrogens (tertiary/aromatic N) is 1. The van der Waals surface area contributed by atoms with Gasteiger partial charge in [-0.2, -0.15) is 0 Å². The van der Waals surface area contributed by atoms with Crippen LogP contribution in [0.25, 0.3) is 0 Å². The smallest absolute Gasteiger partial charge is 0.234 e. The fourth-order valence-corrected chi connectivity index (χ4v) is 2.11. The summed E-state index contributed by atoms with van der Waals surface area (Å²) in [4.78, 5) is 13.7. The van der Waals surface area contributed by atoms with Crippen molar-refractivity contribution in [3.05, 3.63) is 0 Å². The van der Waals surface area contributed by atoms with Crippen LogP contribution in [0.1, 0.15) is 26.7 Å². The van der Waals surface area contributed by atoms with Crippen LogP contribution < -0.4 is 11.1 Å². The van der Waals surface area contributed by atoms with Gasteiger partial charge in [0.05, 0.1) is 6.54 Å². The maximum absolute atomic E-state index is 11.5. The minimum absolute atomic E-state index is 0. The van der Waals surface area contributed by atoms with E-state index < -0.39 is 0 Å². The summed E-state index contributed by atoms with van der Waals surface area (Å²) >= 11 is 0. The highest BCUT2D eigenvalue weighted by Crippen LogP contribution is 2.21. The summed E-state index contributed by atoms with van der Waals surface area (Å²) in [6, 6.07) is 0.492. The molecule has 96 valence electrons. The van der Waals surface area contributed by atoms with Gasteiger partial charge in [-0.1, -0.05) is 6.92 Å². The summed E-state index contributed by atoms with van der Waals surface area (Å²) in [6.07, 6.45) is 2.12. The maximum atomic E-state index is 11.5. The number of likely N-dealkylation sites (tertiary alicyclic amines) is 1. The van der Waals surface area contributed by atoms with E-state index in [2.05, 4.69) is 24.1 Å². The fourth-order valence-electron chi connectivity index (χ4n) is 2.11. The average Bonchev–Trinajstić information content (AvgIpc) is 2.57. The van der Waals surface area contributed by atoms with Crippen molar-refractivity contribution in [3.63, 3.8) is 0 Å². The van der Waals surface area contributed by atoms with Gasteiger partial charge in [-0.3, -0.25) is 9.69 Å². The number of carbonyl (C=O) groups is 1. The van der Waals surface area contributed by atoms with Gasteiger partial charge < -0.3 is 11.1 Å². The molecule has 16 heavy (non-hydrogen) atoms. The Balaban J connectivity index is 0.00000225. The monoisotopic (exact) mass is 249 g/mol. The SMILES string of the molecule is CCCNC(=O)CN1CC(CN)CC1C.Cl. The molecule has 2 unspecified atom stereocenters. The maximum Gasteiger partial charge on any atom is 0.234 e. The van der Waals surface area contributed by atoms with Crippen LogP contribution in [0.3, 0.4) is 0 Å². The van der Waals surface area contributed by atoms with Crippen LogP contribution in [0.4, 0.5) is 0 Å². The second kappa shape index (κ2) is 7.87. The van der Waals surface area contributed by atoms with Crippen molar-refractivity contribution in [2.75, 3.05) is 26.2 Å². The molecular formula is C11H24ClN3O. The summed E-state index contributed by atoms with van der Waals surface area (Å²) in [5.74, 6) is 0.709.